The third-order valence-electron chi connectivity index (χ3n) is 3.00. The maximum Gasteiger partial charge on any atom is 0.230 e. The lowest BCUT2D eigenvalue weighted by Gasteiger charge is -2.27. The van der Waals surface area contributed by atoms with Crippen LogP contribution in [0.25, 0.3) is 11.4 Å². The van der Waals surface area contributed by atoms with Crippen LogP contribution < -0.4 is 10.2 Å². The van der Waals surface area contributed by atoms with Crippen LogP contribution in [0, 0.1) is 0 Å². The molecule has 1 N–H and O–H groups in total. The SMILES string of the molecule is CNc1nc(-c2cscc2Br)nc(N2CCOCC2)n1. The molecule has 0 saturated carbocycles. The highest BCUT2D eigenvalue weighted by molar-refractivity contribution is 9.10. The smallest absolute Gasteiger partial charge is 0.230 e. The van der Waals surface area contributed by atoms with E-state index in [0.717, 1.165) is 23.1 Å². The predicted octanol–water partition coefficient (Wildman–Crippen LogP) is 2.24. The summed E-state index contributed by atoms with van der Waals surface area (Å²) < 4.78 is 6.37. The van der Waals surface area contributed by atoms with Crippen LogP contribution >= 0.6 is 27.3 Å². The summed E-state index contributed by atoms with van der Waals surface area (Å²) in [5.41, 5.74) is 0.989. The van der Waals surface area contributed by atoms with Gasteiger partial charge in [-0.05, 0) is 15.9 Å². The van der Waals surface area contributed by atoms with Gasteiger partial charge in [0.15, 0.2) is 5.82 Å². The van der Waals surface area contributed by atoms with Gasteiger partial charge in [-0.15, -0.1) is 0 Å². The maximum absolute atomic E-state index is 5.37. The summed E-state index contributed by atoms with van der Waals surface area (Å²) in [6.07, 6.45) is 0. The van der Waals surface area contributed by atoms with Crippen LogP contribution in [0.15, 0.2) is 15.2 Å². The molecule has 1 aliphatic rings. The van der Waals surface area contributed by atoms with Gasteiger partial charge in [-0.3, -0.25) is 0 Å². The Labute approximate surface area is 129 Å². The molecule has 106 valence electrons. The minimum Gasteiger partial charge on any atom is -0.378 e. The summed E-state index contributed by atoms with van der Waals surface area (Å²) in [7, 11) is 1.81. The Balaban J connectivity index is 2.00. The van der Waals surface area contributed by atoms with Crippen molar-refractivity contribution < 1.29 is 4.74 Å². The first kappa shape index (κ1) is 13.7. The molecule has 6 nitrogen and oxygen atoms in total. The van der Waals surface area contributed by atoms with Crippen LogP contribution in [0.1, 0.15) is 0 Å². The molecule has 0 unspecified atom stereocenters. The molecule has 0 atom stereocenters. The fourth-order valence-electron chi connectivity index (χ4n) is 1.94. The molecule has 1 aliphatic heterocycles. The summed E-state index contributed by atoms with van der Waals surface area (Å²) >= 11 is 5.14. The van der Waals surface area contributed by atoms with Gasteiger partial charge in [0.05, 0.1) is 13.2 Å². The zero-order chi connectivity index (χ0) is 13.9. The molecule has 0 amide bonds. The molecule has 0 spiro atoms. The van der Waals surface area contributed by atoms with Crippen molar-refractivity contribution in [3.63, 3.8) is 0 Å². The first-order valence-corrected chi connectivity index (χ1v) is 8.00. The van der Waals surface area contributed by atoms with Crippen LogP contribution in [0.4, 0.5) is 11.9 Å². The summed E-state index contributed by atoms with van der Waals surface area (Å²) in [6, 6.07) is 0. The fourth-order valence-corrected chi connectivity index (χ4v) is 3.39. The molecule has 3 heterocycles. The Hall–Kier alpha value is -1.25. The monoisotopic (exact) mass is 355 g/mol. The Morgan fingerprint density at radius 1 is 1.25 bits per heavy atom. The first-order valence-electron chi connectivity index (χ1n) is 6.26. The summed E-state index contributed by atoms with van der Waals surface area (Å²) in [4.78, 5) is 15.6. The van der Waals surface area contributed by atoms with Crippen molar-refractivity contribution >= 4 is 39.2 Å². The Bertz CT molecular complexity index is 599. The average Bonchev–Trinajstić information content (AvgIpc) is 2.94. The highest BCUT2D eigenvalue weighted by Gasteiger charge is 2.18. The Morgan fingerprint density at radius 2 is 2.05 bits per heavy atom. The van der Waals surface area contributed by atoms with E-state index in [2.05, 4.69) is 41.1 Å². The second-order valence-corrected chi connectivity index (χ2v) is 5.86. The van der Waals surface area contributed by atoms with Gasteiger partial charge in [0, 0.05) is 40.9 Å². The number of halogens is 1. The molecule has 3 rings (SSSR count). The minimum absolute atomic E-state index is 0.578. The zero-order valence-corrected chi connectivity index (χ0v) is 13.4. The van der Waals surface area contributed by atoms with E-state index in [1.807, 2.05) is 17.8 Å². The Morgan fingerprint density at radius 3 is 2.70 bits per heavy atom. The maximum atomic E-state index is 5.37. The molecule has 1 saturated heterocycles. The van der Waals surface area contributed by atoms with Gasteiger partial charge in [-0.2, -0.15) is 26.3 Å². The number of rotatable bonds is 3. The standard InChI is InChI=1S/C12H14BrN5OS/c1-14-11-15-10(8-6-20-7-9(8)13)16-12(17-11)18-2-4-19-5-3-18/h6-7H,2-5H2,1H3,(H,14,15,16,17). The lowest BCUT2D eigenvalue weighted by atomic mass is 10.3. The molecule has 8 heteroatoms. The summed E-state index contributed by atoms with van der Waals surface area (Å²) in [6.45, 7) is 3.02. The second kappa shape index (κ2) is 6.02. The van der Waals surface area contributed by atoms with Crippen molar-refractivity contribution in [2.75, 3.05) is 43.6 Å². The molecule has 0 aliphatic carbocycles. The number of anilines is 2. The van der Waals surface area contributed by atoms with Gasteiger partial charge in [0.1, 0.15) is 0 Å². The van der Waals surface area contributed by atoms with Crippen LogP contribution in [0.2, 0.25) is 0 Å². The van der Waals surface area contributed by atoms with E-state index in [9.17, 15) is 0 Å². The van der Waals surface area contributed by atoms with E-state index in [-0.39, 0.29) is 0 Å². The number of morpholine rings is 1. The van der Waals surface area contributed by atoms with Gasteiger partial charge in [-0.1, -0.05) is 0 Å². The molecule has 2 aromatic rings. The van der Waals surface area contributed by atoms with Crippen molar-refractivity contribution in [2.45, 2.75) is 0 Å². The number of hydrogen-bond donors (Lipinski definition) is 1. The second-order valence-electron chi connectivity index (χ2n) is 4.27. The third-order valence-corrected chi connectivity index (χ3v) is 4.70. The zero-order valence-electron chi connectivity index (χ0n) is 11.0. The molecule has 0 aromatic carbocycles. The first-order chi connectivity index (χ1) is 9.78. The lowest BCUT2D eigenvalue weighted by Crippen LogP contribution is -2.37. The third kappa shape index (κ3) is 2.77. The van der Waals surface area contributed by atoms with Crippen molar-refractivity contribution in [1.29, 1.82) is 0 Å². The van der Waals surface area contributed by atoms with Gasteiger partial charge >= 0.3 is 0 Å². The van der Waals surface area contributed by atoms with Gasteiger partial charge in [-0.25, -0.2) is 0 Å². The topological polar surface area (TPSA) is 63.2 Å². The number of thiophene rings is 1. The van der Waals surface area contributed by atoms with E-state index in [1.54, 1.807) is 11.3 Å². The van der Waals surface area contributed by atoms with E-state index in [0.29, 0.717) is 30.9 Å². The molecule has 2 aromatic heterocycles. The largest absolute Gasteiger partial charge is 0.378 e. The van der Waals surface area contributed by atoms with Gasteiger partial charge in [0.2, 0.25) is 11.9 Å². The molecular formula is C12H14BrN5OS. The van der Waals surface area contributed by atoms with Crippen LogP contribution in [-0.2, 0) is 4.74 Å². The van der Waals surface area contributed by atoms with Crippen molar-refractivity contribution in [3.05, 3.63) is 15.2 Å². The molecule has 1 fully saturated rings. The number of nitrogens with zero attached hydrogens (tertiary/aromatic N) is 4. The van der Waals surface area contributed by atoms with Crippen molar-refractivity contribution in [2.24, 2.45) is 0 Å². The van der Waals surface area contributed by atoms with E-state index < -0.39 is 0 Å². The summed E-state index contributed by atoms with van der Waals surface area (Å²) in [5.74, 6) is 1.95. The molecular weight excluding hydrogens is 342 g/mol. The highest BCUT2D eigenvalue weighted by Crippen LogP contribution is 2.30. The van der Waals surface area contributed by atoms with E-state index >= 15 is 0 Å². The van der Waals surface area contributed by atoms with E-state index in [4.69, 9.17) is 4.74 Å². The van der Waals surface area contributed by atoms with E-state index in [1.165, 1.54) is 0 Å². The predicted molar refractivity (Wildman–Crippen MR) is 83.4 cm³/mol. The van der Waals surface area contributed by atoms with Crippen LogP contribution in [0.3, 0.4) is 0 Å². The molecule has 20 heavy (non-hydrogen) atoms. The van der Waals surface area contributed by atoms with Crippen LogP contribution in [0.5, 0.6) is 0 Å². The Kier molecular flexibility index (Phi) is 4.13. The lowest BCUT2D eigenvalue weighted by molar-refractivity contribution is 0.122. The van der Waals surface area contributed by atoms with Crippen LogP contribution in [-0.4, -0.2) is 48.3 Å². The fraction of sp³-hybridized carbons (Fsp3) is 0.417. The normalized spacial score (nSPS) is 15.4. The van der Waals surface area contributed by atoms with Crippen molar-refractivity contribution in [3.8, 4) is 11.4 Å². The van der Waals surface area contributed by atoms with Gasteiger partial charge < -0.3 is 15.0 Å². The quantitative estimate of drug-likeness (QED) is 0.910. The highest BCUT2D eigenvalue weighted by atomic mass is 79.9. The minimum atomic E-state index is 0.578. The molecule has 0 radical (unpaired) electrons. The average molecular weight is 356 g/mol. The number of ether oxygens (including phenoxy) is 1. The number of nitrogens with one attached hydrogen (secondary N) is 1. The van der Waals surface area contributed by atoms with Gasteiger partial charge in [0.25, 0.3) is 0 Å². The number of hydrogen-bond acceptors (Lipinski definition) is 7. The van der Waals surface area contributed by atoms with Crippen molar-refractivity contribution in [1.82, 2.24) is 15.0 Å². The summed E-state index contributed by atoms with van der Waals surface area (Å²) in [5, 5.41) is 7.05. The number of aromatic nitrogens is 3. The molecule has 0 bridgehead atoms.